The maximum absolute atomic E-state index is 11.6. The molecule has 1 aromatic carbocycles. The van der Waals surface area contributed by atoms with E-state index in [0.717, 1.165) is 11.1 Å². The van der Waals surface area contributed by atoms with Gasteiger partial charge in [0.1, 0.15) is 0 Å². The van der Waals surface area contributed by atoms with Crippen LogP contribution in [0.15, 0.2) is 24.3 Å². The minimum atomic E-state index is -0.595. The molecule has 0 saturated carbocycles. The molecule has 104 valence electrons. The predicted octanol–water partition coefficient (Wildman–Crippen LogP) is 0.289. The fourth-order valence-electron chi connectivity index (χ4n) is 1.54. The Hall–Kier alpha value is -1.88. The van der Waals surface area contributed by atoms with Gasteiger partial charge in [0.05, 0.1) is 0 Å². The van der Waals surface area contributed by atoms with Gasteiger partial charge < -0.3 is 15.5 Å². The number of amides is 2. The fraction of sp³-hybridized carbons (Fsp3) is 0.429. The van der Waals surface area contributed by atoms with E-state index >= 15 is 0 Å². The minimum absolute atomic E-state index is 0.368. The summed E-state index contributed by atoms with van der Waals surface area (Å²) in [6.07, 6.45) is 0. The van der Waals surface area contributed by atoms with Gasteiger partial charge in [0.15, 0.2) is 0 Å². The quantitative estimate of drug-likeness (QED) is 0.751. The Morgan fingerprint density at radius 2 is 1.74 bits per heavy atom. The maximum Gasteiger partial charge on any atom is 0.309 e. The first-order valence-corrected chi connectivity index (χ1v) is 6.26. The van der Waals surface area contributed by atoms with Crippen LogP contribution in [0.2, 0.25) is 0 Å². The molecule has 2 amide bonds. The van der Waals surface area contributed by atoms with Crippen LogP contribution in [-0.4, -0.2) is 43.9 Å². The molecular formula is C14H21N3O2. The van der Waals surface area contributed by atoms with Gasteiger partial charge in [0, 0.05) is 19.6 Å². The Bertz CT molecular complexity index is 444. The molecule has 0 radical (unpaired) electrons. The first-order chi connectivity index (χ1) is 9.00. The molecule has 0 aromatic heterocycles. The van der Waals surface area contributed by atoms with Crippen molar-refractivity contribution in [1.29, 1.82) is 0 Å². The van der Waals surface area contributed by atoms with Crippen molar-refractivity contribution in [3.63, 3.8) is 0 Å². The summed E-state index contributed by atoms with van der Waals surface area (Å²) < 4.78 is 0. The van der Waals surface area contributed by atoms with Crippen LogP contribution in [0.5, 0.6) is 0 Å². The molecule has 0 aliphatic rings. The van der Waals surface area contributed by atoms with Crippen LogP contribution in [0.1, 0.15) is 11.1 Å². The van der Waals surface area contributed by atoms with Gasteiger partial charge in [-0.1, -0.05) is 24.3 Å². The van der Waals surface area contributed by atoms with E-state index in [0.29, 0.717) is 19.6 Å². The molecule has 0 aliphatic carbocycles. The van der Waals surface area contributed by atoms with Crippen molar-refractivity contribution in [3.8, 4) is 0 Å². The number of rotatable bonds is 5. The zero-order chi connectivity index (χ0) is 14.3. The van der Waals surface area contributed by atoms with Crippen LogP contribution in [0, 0.1) is 6.92 Å². The van der Waals surface area contributed by atoms with Crippen molar-refractivity contribution < 1.29 is 9.59 Å². The molecule has 1 aromatic rings. The summed E-state index contributed by atoms with van der Waals surface area (Å²) in [5.74, 6) is -1.18. The minimum Gasteiger partial charge on any atom is -0.347 e. The first kappa shape index (κ1) is 15.2. The molecule has 0 aliphatic heterocycles. The van der Waals surface area contributed by atoms with Crippen molar-refractivity contribution in [2.45, 2.75) is 13.5 Å². The number of nitrogens with one attached hydrogen (secondary N) is 2. The average molecular weight is 263 g/mol. The van der Waals surface area contributed by atoms with Crippen molar-refractivity contribution in [1.82, 2.24) is 15.5 Å². The lowest BCUT2D eigenvalue weighted by atomic mass is 10.1. The number of hydrogen-bond donors (Lipinski definition) is 2. The molecule has 0 heterocycles. The van der Waals surface area contributed by atoms with E-state index in [1.807, 2.05) is 50.2 Å². The van der Waals surface area contributed by atoms with Gasteiger partial charge in [0.2, 0.25) is 0 Å². The Balaban J connectivity index is 2.35. The molecular weight excluding hydrogens is 242 g/mol. The lowest BCUT2D eigenvalue weighted by Crippen LogP contribution is -2.41. The molecule has 0 saturated heterocycles. The average Bonchev–Trinajstić information content (AvgIpc) is 2.36. The number of benzene rings is 1. The summed E-state index contributed by atoms with van der Waals surface area (Å²) in [6, 6.07) is 7.75. The number of carbonyl (C=O) groups is 2. The number of aryl methyl sites for hydroxylation is 1. The lowest BCUT2D eigenvalue weighted by molar-refractivity contribution is -0.139. The van der Waals surface area contributed by atoms with Crippen LogP contribution in [0.3, 0.4) is 0 Å². The number of nitrogens with zero attached hydrogens (tertiary/aromatic N) is 1. The number of likely N-dealkylation sites (N-methyl/N-ethyl adjacent to an activating group) is 1. The van der Waals surface area contributed by atoms with Gasteiger partial charge >= 0.3 is 11.8 Å². The summed E-state index contributed by atoms with van der Waals surface area (Å²) in [6.45, 7) is 3.51. The van der Waals surface area contributed by atoms with Gasteiger partial charge in [0.25, 0.3) is 0 Å². The normalized spacial score (nSPS) is 10.3. The molecule has 1 rings (SSSR count). The van der Waals surface area contributed by atoms with Crippen LogP contribution in [-0.2, 0) is 16.1 Å². The molecule has 0 unspecified atom stereocenters. The highest BCUT2D eigenvalue weighted by Crippen LogP contribution is 2.05. The van der Waals surface area contributed by atoms with E-state index < -0.39 is 11.8 Å². The van der Waals surface area contributed by atoms with Gasteiger partial charge in [-0.3, -0.25) is 9.59 Å². The Labute approximate surface area is 114 Å². The van der Waals surface area contributed by atoms with Crippen molar-refractivity contribution in [2.24, 2.45) is 0 Å². The summed E-state index contributed by atoms with van der Waals surface area (Å²) in [7, 11) is 3.81. The topological polar surface area (TPSA) is 61.4 Å². The molecule has 0 atom stereocenters. The fourth-order valence-corrected chi connectivity index (χ4v) is 1.54. The van der Waals surface area contributed by atoms with E-state index in [1.54, 1.807) is 0 Å². The summed E-state index contributed by atoms with van der Waals surface area (Å²) in [4.78, 5) is 25.0. The summed E-state index contributed by atoms with van der Waals surface area (Å²) >= 11 is 0. The van der Waals surface area contributed by atoms with E-state index in [9.17, 15) is 9.59 Å². The monoisotopic (exact) mass is 263 g/mol. The van der Waals surface area contributed by atoms with Crippen LogP contribution >= 0.6 is 0 Å². The van der Waals surface area contributed by atoms with Crippen LogP contribution in [0.25, 0.3) is 0 Å². The van der Waals surface area contributed by atoms with Gasteiger partial charge in [-0.15, -0.1) is 0 Å². The number of carbonyl (C=O) groups excluding carboxylic acids is 2. The zero-order valence-electron chi connectivity index (χ0n) is 11.7. The Kier molecular flexibility index (Phi) is 6.02. The molecule has 5 heteroatoms. The lowest BCUT2D eigenvalue weighted by Gasteiger charge is -2.11. The highest BCUT2D eigenvalue weighted by atomic mass is 16.2. The van der Waals surface area contributed by atoms with Gasteiger partial charge in [-0.2, -0.15) is 0 Å². The smallest absolute Gasteiger partial charge is 0.309 e. The Morgan fingerprint density at radius 1 is 1.11 bits per heavy atom. The van der Waals surface area contributed by atoms with Crippen molar-refractivity contribution in [2.75, 3.05) is 27.2 Å². The summed E-state index contributed by atoms with van der Waals surface area (Å²) in [5.41, 5.74) is 2.10. The predicted molar refractivity (Wildman–Crippen MR) is 74.6 cm³/mol. The maximum atomic E-state index is 11.6. The van der Waals surface area contributed by atoms with Crippen molar-refractivity contribution >= 4 is 11.8 Å². The highest BCUT2D eigenvalue weighted by Gasteiger charge is 2.12. The van der Waals surface area contributed by atoms with Crippen molar-refractivity contribution in [3.05, 3.63) is 35.4 Å². The molecule has 0 bridgehead atoms. The van der Waals surface area contributed by atoms with Crippen LogP contribution in [0.4, 0.5) is 0 Å². The number of hydrogen-bond acceptors (Lipinski definition) is 3. The van der Waals surface area contributed by atoms with Gasteiger partial charge in [-0.05, 0) is 32.1 Å². The Morgan fingerprint density at radius 3 is 2.37 bits per heavy atom. The second-order valence-corrected chi connectivity index (χ2v) is 4.67. The second-order valence-electron chi connectivity index (χ2n) is 4.67. The molecule has 19 heavy (non-hydrogen) atoms. The van der Waals surface area contributed by atoms with Gasteiger partial charge in [-0.25, -0.2) is 0 Å². The highest BCUT2D eigenvalue weighted by molar-refractivity contribution is 6.35. The molecule has 5 nitrogen and oxygen atoms in total. The van der Waals surface area contributed by atoms with Crippen LogP contribution < -0.4 is 10.6 Å². The summed E-state index contributed by atoms with van der Waals surface area (Å²) in [5, 5.41) is 5.19. The zero-order valence-corrected chi connectivity index (χ0v) is 11.7. The third kappa shape index (κ3) is 5.52. The first-order valence-electron chi connectivity index (χ1n) is 6.26. The third-order valence-electron chi connectivity index (χ3n) is 2.75. The second kappa shape index (κ2) is 7.53. The third-order valence-corrected chi connectivity index (χ3v) is 2.75. The molecule has 2 N–H and O–H groups in total. The SMILES string of the molecule is Cc1ccccc1CNC(=O)C(=O)NCCN(C)C. The molecule has 0 fully saturated rings. The largest absolute Gasteiger partial charge is 0.347 e. The van der Waals surface area contributed by atoms with E-state index in [1.165, 1.54) is 0 Å². The molecule has 0 spiro atoms. The van der Waals surface area contributed by atoms with E-state index in [2.05, 4.69) is 10.6 Å². The van der Waals surface area contributed by atoms with E-state index in [4.69, 9.17) is 0 Å². The standard InChI is InChI=1S/C14H21N3O2/c1-11-6-4-5-7-12(11)10-16-14(19)13(18)15-8-9-17(2)3/h4-7H,8-10H2,1-3H3,(H,15,18)(H,16,19). The van der Waals surface area contributed by atoms with E-state index in [-0.39, 0.29) is 0 Å².